The first-order valence-electron chi connectivity index (χ1n) is 5.96. The molecule has 1 spiro atoms. The number of carbonyl (C=O) groups is 1. The Morgan fingerprint density at radius 1 is 1.56 bits per heavy atom. The van der Waals surface area contributed by atoms with Crippen LogP contribution in [0.2, 0.25) is 0 Å². The summed E-state index contributed by atoms with van der Waals surface area (Å²) in [6, 6.07) is 2.18. The van der Waals surface area contributed by atoms with Crippen LogP contribution in [0.4, 0.5) is 0 Å². The molecule has 2 rings (SSSR count). The molecule has 1 saturated carbocycles. The van der Waals surface area contributed by atoms with Crippen LogP contribution >= 0.6 is 0 Å². The first-order chi connectivity index (χ1) is 7.68. The van der Waals surface area contributed by atoms with Crippen molar-refractivity contribution < 1.29 is 9.53 Å². The van der Waals surface area contributed by atoms with E-state index in [9.17, 15) is 4.79 Å². The van der Waals surface area contributed by atoms with Crippen molar-refractivity contribution in [2.24, 2.45) is 5.92 Å². The lowest BCUT2D eigenvalue weighted by Gasteiger charge is -2.39. The summed E-state index contributed by atoms with van der Waals surface area (Å²) in [7, 11) is 0. The van der Waals surface area contributed by atoms with Crippen molar-refractivity contribution in [2.45, 2.75) is 50.5 Å². The maximum Gasteiger partial charge on any atom is 0.334 e. The Labute approximate surface area is 96.1 Å². The summed E-state index contributed by atoms with van der Waals surface area (Å²) in [4.78, 5) is 11.5. The Morgan fingerprint density at radius 2 is 2.38 bits per heavy atom. The van der Waals surface area contributed by atoms with Gasteiger partial charge < -0.3 is 4.74 Å². The van der Waals surface area contributed by atoms with Gasteiger partial charge in [-0.2, -0.15) is 5.26 Å². The highest BCUT2D eigenvalue weighted by Gasteiger charge is 2.49. The molecule has 0 aromatic carbocycles. The molecule has 0 N–H and O–H groups in total. The number of rotatable bonds is 2. The van der Waals surface area contributed by atoms with Crippen LogP contribution in [0, 0.1) is 17.2 Å². The molecule has 1 aliphatic carbocycles. The Morgan fingerprint density at radius 3 is 3.00 bits per heavy atom. The maximum absolute atomic E-state index is 11.5. The second-order valence-corrected chi connectivity index (χ2v) is 4.87. The topological polar surface area (TPSA) is 50.1 Å². The fourth-order valence-corrected chi connectivity index (χ4v) is 3.02. The molecular weight excluding hydrogens is 202 g/mol. The Kier molecular flexibility index (Phi) is 3.00. The molecule has 3 heteroatoms. The highest BCUT2D eigenvalue weighted by Crippen LogP contribution is 2.47. The van der Waals surface area contributed by atoms with Gasteiger partial charge in [-0.25, -0.2) is 4.79 Å². The average Bonchev–Trinajstić information content (AvgIpc) is 2.54. The first kappa shape index (κ1) is 11.2. The largest absolute Gasteiger partial charge is 0.455 e. The molecule has 1 aliphatic heterocycles. The van der Waals surface area contributed by atoms with E-state index in [0.29, 0.717) is 24.3 Å². The van der Waals surface area contributed by atoms with Gasteiger partial charge in [0.05, 0.1) is 6.07 Å². The molecule has 86 valence electrons. The first-order valence-corrected chi connectivity index (χ1v) is 5.96. The van der Waals surface area contributed by atoms with Gasteiger partial charge in [-0.05, 0) is 25.7 Å². The second kappa shape index (κ2) is 4.29. The number of nitrogens with zero attached hydrogens (tertiary/aromatic N) is 1. The van der Waals surface area contributed by atoms with Crippen LogP contribution in [0.25, 0.3) is 0 Å². The fourth-order valence-electron chi connectivity index (χ4n) is 3.02. The third kappa shape index (κ3) is 1.84. The quantitative estimate of drug-likeness (QED) is 0.530. The zero-order chi connectivity index (χ0) is 11.6. The minimum atomic E-state index is -0.316. The minimum Gasteiger partial charge on any atom is -0.455 e. The standard InChI is InChI=1S/C13H17NO2/c1-10-9-13(16-12(10)15)7-3-2-5-11(13)6-4-8-14/h11H,1-7,9H2. The van der Waals surface area contributed by atoms with Gasteiger partial charge in [0.15, 0.2) is 0 Å². The molecule has 0 aromatic heterocycles. The zero-order valence-corrected chi connectivity index (χ0v) is 9.50. The number of esters is 1. The second-order valence-electron chi connectivity index (χ2n) is 4.87. The minimum absolute atomic E-state index is 0.233. The summed E-state index contributed by atoms with van der Waals surface area (Å²) in [5.74, 6) is 0.118. The summed E-state index contributed by atoms with van der Waals surface area (Å²) in [5, 5.41) is 8.66. The molecule has 0 amide bonds. The molecule has 3 nitrogen and oxygen atoms in total. The maximum atomic E-state index is 11.5. The molecule has 2 unspecified atom stereocenters. The summed E-state index contributed by atoms with van der Waals surface area (Å²) < 4.78 is 5.56. The van der Waals surface area contributed by atoms with E-state index in [0.717, 1.165) is 25.7 Å². The van der Waals surface area contributed by atoms with Crippen molar-refractivity contribution in [2.75, 3.05) is 0 Å². The molecular formula is C13H17NO2. The van der Waals surface area contributed by atoms with Crippen LogP contribution in [0.1, 0.15) is 44.9 Å². The molecule has 1 heterocycles. The van der Waals surface area contributed by atoms with Gasteiger partial charge >= 0.3 is 5.97 Å². The highest BCUT2D eigenvalue weighted by atomic mass is 16.6. The van der Waals surface area contributed by atoms with E-state index in [1.54, 1.807) is 0 Å². The lowest BCUT2D eigenvalue weighted by molar-refractivity contribution is -0.155. The molecule has 0 radical (unpaired) electrons. The SMILES string of the molecule is C=C1CC2(CCCCC2CCC#N)OC1=O. The van der Waals surface area contributed by atoms with Crippen LogP contribution in [-0.4, -0.2) is 11.6 Å². The predicted molar refractivity (Wildman–Crippen MR) is 59.4 cm³/mol. The number of hydrogen-bond donors (Lipinski definition) is 0. The van der Waals surface area contributed by atoms with Gasteiger partial charge in [-0.15, -0.1) is 0 Å². The molecule has 16 heavy (non-hydrogen) atoms. The lowest BCUT2D eigenvalue weighted by atomic mass is 9.71. The number of carbonyl (C=O) groups excluding carboxylic acids is 1. The van der Waals surface area contributed by atoms with Gasteiger partial charge in [-0.3, -0.25) is 0 Å². The van der Waals surface area contributed by atoms with Crippen molar-refractivity contribution in [3.05, 3.63) is 12.2 Å². The monoisotopic (exact) mass is 219 g/mol. The van der Waals surface area contributed by atoms with Crippen molar-refractivity contribution in [3.63, 3.8) is 0 Å². The van der Waals surface area contributed by atoms with Gasteiger partial charge in [-0.1, -0.05) is 13.0 Å². The number of ether oxygens (including phenoxy) is 1. The van der Waals surface area contributed by atoms with E-state index in [2.05, 4.69) is 12.6 Å². The molecule has 0 aromatic rings. The predicted octanol–water partition coefficient (Wildman–Crippen LogP) is 2.72. The summed E-state index contributed by atoms with van der Waals surface area (Å²) >= 11 is 0. The molecule has 2 atom stereocenters. The number of hydrogen-bond acceptors (Lipinski definition) is 3. The van der Waals surface area contributed by atoms with Crippen LogP contribution in [-0.2, 0) is 9.53 Å². The third-order valence-corrected chi connectivity index (χ3v) is 3.85. The highest BCUT2D eigenvalue weighted by molar-refractivity contribution is 5.90. The van der Waals surface area contributed by atoms with E-state index in [-0.39, 0.29) is 11.6 Å². The van der Waals surface area contributed by atoms with E-state index in [1.165, 1.54) is 6.42 Å². The molecule has 2 aliphatic rings. The van der Waals surface area contributed by atoms with Crippen molar-refractivity contribution >= 4 is 5.97 Å². The van der Waals surface area contributed by atoms with Crippen molar-refractivity contribution in [3.8, 4) is 6.07 Å². The summed E-state index contributed by atoms with van der Waals surface area (Å²) in [6.07, 6.45) is 6.37. The molecule has 0 bridgehead atoms. The number of nitriles is 1. The Balaban J connectivity index is 2.13. The normalized spacial score (nSPS) is 33.8. The zero-order valence-electron chi connectivity index (χ0n) is 9.50. The molecule has 1 saturated heterocycles. The molecule has 2 fully saturated rings. The Bertz CT molecular complexity index is 337. The summed E-state index contributed by atoms with van der Waals surface area (Å²) in [5.41, 5.74) is 0.285. The Hall–Kier alpha value is -1.30. The van der Waals surface area contributed by atoms with Crippen molar-refractivity contribution in [1.82, 2.24) is 0 Å². The third-order valence-electron chi connectivity index (χ3n) is 3.85. The van der Waals surface area contributed by atoms with Crippen LogP contribution in [0.15, 0.2) is 12.2 Å². The summed E-state index contributed by atoms with van der Waals surface area (Å²) in [6.45, 7) is 3.76. The van der Waals surface area contributed by atoms with Crippen LogP contribution in [0.3, 0.4) is 0 Å². The smallest absolute Gasteiger partial charge is 0.334 e. The van der Waals surface area contributed by atoms with Gasteiger partial charge in [0, 0.05) is 24.3 Å². The van der Waals surface area contributed by atoms with E-state index < -0.39 is 0 Å². The van der Waals surface area contributed by atoms with Gasteiger partial charge in [0.25, 0.3) is 0 Å². The van der Waals surface area contributed by atoms with E-state index >= 15 is 0 Å². The van der Waals surface area contributed by atoms with Crippen LogP contribution in [0.5, 0.6) is 0 Å². The van der Waals surface area contributed by atoms with Gasteiger partial charge in [0.1, 0.15) is 5.60 Å². The fraction of sp³-hybridized carbons (Fsp3) is 0.692. The van der Waals surface area contributed by atoms with E-state index in [1.807, 2.05) is 0 Å². The lowest BCUT2D eigenvalue weighted by Crippen LogP contribution is -2.40. The van der Waals surface area contributed by atoms with E-state index in [4.69, 9.17) is 10.00 Å². The van der Waals surface area contributed by atoms with Gasteiger partial charge in [0.2, 0.25) is 0 Å². The van der Waals surface area contributed by atoms with Crippen molar-refractivity contribution in [1.29, 1.82) is 5.26 Å². The van der Waals surface area contributed by atoms with Crippen LogP contribution < -0.4 is 0 Å². The average molecular weight is 219 g/mol.